The van der Waals surface area contributed by atoms with Crippen molar-refractivity contribution in [1.82, 2.24) is 4.98 Å². The van der Waals surface area contributed by atoms with E-state index in [0.29, 0.717) is 29.5 Å². The van der Waals surface area contributed by atoms with Crippen LogP contribution in [0.1, 0.15) is 5.56 Å². The second-order valence-corrected chi connectivity index (χ2v) is 11.0. The molecule has 0 aliphatic carbocycles. The largest absolute Gasteiger partial charge is 0.497 e. The van der Waals surface area contributed by atoms with Crippen molar-refractivity contribution in [3.05, 3.63) is 83.5 Å². The molecular formula is C27H26ClN3O3S. The number of benzene rings is 3. The quantitative estimate of drug-likeness (QED) is 0.362. The highest BCUT2D eigenvalue weighted by atomic mass is 35.5. The maximum absolute atomic E-state index is 13.8. The molecule has 5 rings (SSSR count). The number of methoxy groups -OCH3 is 1. The predicted octanol–water partition coefficient (Wildman–Crippen LogP) is 5.36. The minimum atomic E-state index is -3.79. The van der Waals surface area contributed by atoms with Gasteiger partial charge in [0.2, 0.25) is 9.84 Å². The van der Waals surface area contributed by atoms with Gasteiger partial charge in [0.05, 0.1) is 23.2 Å². The van der Waals surface area contributed by atoms with Crippen LogP contribution in [-0.2, 0) is 9.84 Å². The number of piperazine rings is 1. The number of halogens is 1. The fourth-order valence-electron chi connectivity index (χ4n) is 4.49. The Kier molecular flexibility index (Phi) is 6.30. The third-order valence-electron chi connectivity index (χ3n) is 6.40. The van der Waals surface area contributed by atoms with Crippen molar-refractivity contribution >= 4 is 43.7 Å². The molecule has 2 heterocycles. The summed E-state index contributed by atoms with van der Waals surface area (Å²) in [7, 11) is -2.19. The summed E-state index contributed by atoms with van der Waals surface area (Å²) in [6.45, 7) is 4.71. The van der Waals surface area contributed by atoms with E-state index in [2.05, 4.69) is 14.8 Å². The molecule has 1 aliphatic heterocycles. The average molecular weight is 508 g/mol. The number of pyridine rings is 1. The molecule has 0 spiro atoms. The molecule has 1 saturated heterocycles. The van der Waals surface area contributed by atoms with Gasteiger partial charge < -0.3 is 14.5 Å². The zero-order valence-electron chi connectivity index (χ0n) is 19.6. The fraction of sp³-hybridized carbons (Fsp3) is 0.222. The molecule has 0 N–H and O–H groups in total. The molecule has 8 heteroatoms. The molecule has 0 unspecified atom stereocenters. The Morgan fingerprint density at radius 1 is 0.914 bits per heavy atom. The molecular weight excluding hydrogens is 482 g/mol. The topological polar surface area (TPSA) is 62.7 Å². The van der Waals surface area contributed by atoms with Gasteiger partial charge in [-0.3, -0.25) is 4.98 Å². The van der Waals surface area contributed by atoms with Crippen LogP contribution in [0, 0.1) is 6.92 Å². The number of hydrogen-bond acceptors (Lipinski definition) is 6. The predicted molar refractivity (Wildman–Crippen MR) is 141 cm³/mol. The molecule has 1 fully saturated rings. The first-order valence-electron chi connectivity index (χ1n) is 11.4. The summed E-state index contributed by atoms with van der Waals surface area (Å²) >= 11 is 6.20. The highest BCUT2D eigenvalue weighted by Crippen LogP contribution is 2.38. The van der Waals surface area contributed by atoms with E-state index in [0.717, 1.165) is 35.2 Å². The van der Waals surface area contributed by atoms with Crippen LogP contribution in [0.2, 0.25) is 5.02 Å². The number of anilines is 2. The lowest BCUT2D eigenvalue weighted by Gasteiger charge is -2.38. The second kappa shape index (κ2) is 9.40. The molecule has 1 aliphatic rings. The summed E-state index contributed by atoms with van der Waals surface area (Å²) in [5.41, 5.74) is 3.45. The molecule has 180 valence electrons. The van der Waals surface area contributed by atoms with Crippen LogP contribution in [0.4, 0.5) is 11.4 Å². The van der Waals surface area contributed by atoms with Crippen LogP contribution < -0.4 is 14.5 Å². The third-order valence-corrected chi connectivity index (χ3v) is 8.41. The molecule has 0 amide bonds. The van der Waals surface area contributed by atoms with Gasteiger partial charge in [-0.2, -0.15) is 0 Å². The number of aryl methyl sites for hydroxylation is 1. The van der Waals surface area contributed by atoms with Crippen molar-refractivity contribution in [2.45, 2.75) is 16.7 Å². The minimum Gasteiger partial charge on any atom is -0.497 e. The Balaban J connectivity index is 1.59. The van der Waals surface area contributed by atoms with E-state index in [9.17, 15) is 8.42 Å². The van der Waals surface area contributed by atoms with E-state index in [4.69, 9.17) is 16.3 Å². The number of fused-ring (bicyclic) bond motifs is 1. The molecule has 0 saturated carbocycles. The molecule has 35 heavy (non-hydrogen) atoms. The first-order valence-corrected chi connectivity index (χ1v) is 13.3. The molecule has 1 aromatic heterocycles. The van der Waals surface area contributed by atoms with Gasteiger partial charge >= 0.3 is 0 Å². The summed E-state index contributed by atoms with van der Waals surface area (Å²) in [6, 6.07) is 20.3. The standard InChI is InChI=1S/C27H26ClN3O3S/c1-19-6-9-23(10-7-19)35(32,33)26-18-29-25-11-8-22(34-2)17-24(25)27(26)31-14-12-30(13-15-31)21-5-3-4-20(28)16-21/h3-11,16-18H,12-15H2,1-2H3. The zero-order chi connectivity index (χ0) is 24.6. The summed E-state index contributed by atoms with van der Waals surface area (Å²) in [5, 5.41) is 1.46. The first-order chi connectivity index (χ1) is 16.9. The lowest BCUT2D eigenvalue weighted by Crippen LogP contribution is -2.47. The van der Waals surface area contributed by atoms with Crippen LogP contribution in [0.3, 0.4) is 0 Å². The molecule has 0 atom stereocenters. The Morgan fingerprint density at radius 3 is 2.31 bits per heavy atom. The van der Waals surface area contributed by atoms with Crippen molar-refractivity contribution < 1.29 is 13.2 Å². The Morgan fingerprint density at radius 2 is 1.63 bits per heavy atom. The normalized spacial score (nSPS) is 14.4. The molecule has 4 aromatic rings. The van der Waals surface area contributed by atoms with Crippen molar-refractivity contribution in [2.75, 3.05) is 43.1 Å². The van der Waals surface area contributed by atoms with E-state index < -0.39 is 9.84 Å². The number of aromatic nitrogens is 1. The summed E-state index contributed by atoms with van der Waals surface area (Å²) in [4.78, 5) is 9.38. The van der Waals surface area contributed by atoms with Crippen molar-refractivity contribution in [1.29, 1.82) is 0 Å². The highest BCUT2D eigenvalue weighted by molar-refractivity contribution is 7.91. The maximum atomic E-state index is 13.8. The minimum absolute atomic E-state index is 0.207. The van der Waals surface area contributed by atoms with Crippen molar-refractivity contribution in [3.63, 3.8) is 0 Å². The fourth-order valence-corrected chi connectivity index (χ4v) is 6.11. The van der Waals surface area contributed by atoms with Gasteiger partial charge in [-0.1, -0.05) is 35.4 Å². The zero-order valence-corrected chi connectivity index (χ0v) is 21.2. The van der Waals surface area contributed by atoms with Gasteiger partial charge in [0.25, 0.3) is 0 Å². The molecule has 3 aromatic carbocycles. The molecule has 0 bridgehead atoms. The van der Waals surface area contributed by atoms with E-state index in [1.807, 2.05) is 61.5 Å². The summed E-state index contributed by atoms with van der Waals surface area (Å²) in [6.07, 6.45) is 1.49. The van der Waals surface area contributed by atoms with E-state index in [1.165, 1.54) is 6.20 Å². The summed E-state index contributed by atoms with van der Waals surface area (Å²) < 4.78 is 33.1. The SMILES string of the molecule is COc1ccc2ncc(S(=O)(=O)c3ccc(C)cc3)c(N3CCN(c4cccc(Cl)c4)CC3)c2c1. The Labute approximate surface area is 210 Å². The van der Waals surface area contributed by atoms with Gasteiger partial charge in [0.15, 0.2) is 0 Å². The van der Waals surface area contributed by atoms with E-state index >= 15 is 0 Å². The number of rotatable bonds is 5. The monoisotopic (exact) mass is 507 g/mol. The second-order valence-electron chi connectivity index (χ2n) is 8.62. The summed E-state index contributed by atoms with van der Waals surface area (Å²) in [5.74, 6) is 0.656. The van der Waals surface area contributed by atoms with Crippen LogP contribution in [0.5, 0.6) is 5.75 Å². The first kappa shape index (κ1) is 23.5. The highest BCUT2D eigenvalue weighted by Gasteiger charge is 2.29. The smallest absolute Gasteiger partial charge is 0.210 e. The van der Waals surface area contributed by atoms with Crippen molar-refractivity contribution in [3.8, 4) is 5.75 Å². The lowest BCUT2D eigenvalue weighted by atomic mass is 10.1. The van der Waals surface area contributed by atoms with Crippen molar-refractivity contribution in [2.24, 2.45) is 0 Å². The Bertz CT molecular complexity index is 1480. The average Bonchev–Trinajstić information content (AvgIpc) is 2.88. The Hall–Kier alpha value is -3.29. The van der Waals surface area contributed by atoms with E-state index in [-0.39, 0.29) is 9.79 Å². The van der Waals surface area contributed by atoms with Gasteiger partial charge in [-0.15, -0.1) is 0 Å². The van der Waals surface area contributed by atoms with Crippen LogP contribution in [0.15, 0.2) is 82.7 Å². The van der Waals surface area contributed by atoms with Crippen LogP contribution >= 0.6 is 11.6 Å². The molecule has 0 radical (unpaired) electrons. The lowest BCUT2D eigenvalue weighted by molar-refractivity contribution is 0.415. The number of hydrogen-bond donors (Lipinski definition) is 0. The van der Waals surface area contributed by atoms with E-state index in [1.54, 1.807) is 19.2 Å². The van der Waals surface area contributed by atoms with Gasteiger partial charge in [0, 0.05) is 48.5 Å². The third kappa shape index (κ3) is 4.54. The maximum Gasteiger partial charge on any atom is 0.210 e. The van der Waals surface area contributed by atoms with Gasteiger partial charge in [-0.25, -0.2) is 8.42 Å². The van der Waals surface area contributed by atoms with Crippen LogP contribution in [-0.4, -0.2) is 46.7 Å². The molecule has 6 nitrogen and oxygen atoms in total. The van der Waals surface area contributed by atoms with Crippen LogP contribution in [0.25, 0.3) is 10.9 Å². The van der Waals surface area contributed by atoms with Gasteiger partial charge in [0.1, 0.15) is 10.6 Å². The van der Waals surface area contributed by atoms with Gasteiger partial charge in [-0.05, 0) is 55.5 Å². The number of nitrogens with zero attached hydrogens (tertiary/aromatic N) is 3. The number of ether oxygens (including phenoxy) is 1. The number of sulfone groups is 1.